The van der Waals surface area contributed by atoms with E-state index in [0.29, 0.717) is 0 Å². The zero-order chi connectivity index (χ0) is 13.5. The van der Waals surface area contributed by atoms with Gasteiger partial charge >= 0.3 is 0 Å². The van der Waals surface area contributed by atoms with Gasteiger partial charge in [-0.15, -0.1) is 11.3 Å². The van der Waals surface area contributed by atoms with E-state index in [2.05, 4.69) is 49.5 Å². The second-order valence-electron chi connectivity index (χ2n) is 5.60. The molecule has 1 aromatic heterocycles. The normalized spacial score (nSPS) is 13.5. The molecule has 0 aromatic carbocycles. The number of aryl methyl sites for hydroxylation is 1. The molecule has 104 valence electrons. The Kier molecular flexibility index (Phi) is 6.90. The SMILES string of the molecule is CNCC(CN(C)CCc1sccc1C)C(C)C. The van der Waals surface area contributed by atoms with Crippen molar-refractivity contribution in [2.75, 3.05) is 33.7 Å². The molecule has 1 heterocycles. The van der Waals surface area contributed by atoms with E-state index in [-0.39, 0.29) is 0 Å². The van der Waals surface area contributed by atoms with E-state index in [1.54, 1.807) is 0 Å². The Bertz CT molecular complexity index is 333. The van der Waals surface area contributed by atoms with Crippen LogP contribution >= 0.6 is 11.3 Å². The molecule has 0 saturated carbocycles. The zero-order valence-corrected chi connectivity index (χ0v) is 13.3. The molecular weight excluding hydrogens is 240 g/mol. The topological polar surface area (TPSA) is 15.3 Å². The molecule has 0 aliphatic carbocycles. The summed E-state index contributed by atoms with van der Waals surface area (Å²) in [6, 6.07) is 2.22. The highest BCUT2D eigenvalue weighted by atomic mass is 32.1. The van der Waals surface area contributed by atoms with E-state index in [1.165, 1.54) is 23.4 Å². The highest BCUT2D eigenvalue weighted by molar-refractivity contribution is 7.10. The van der Waals surface area contributed by atoms with Crippen LogP contribution < -0.4 is 5.32 Å². The van der Waals surface area contributed by atoms with Gasteiger partial charge in [0.15, 0.2) is 0 Å². The smallest absolute Gasteiger partial charge is 0.00871 e. The van der Waals surface area contributed by atoms with Crippen LogP contribution in [0.15, 0.2) is 11.4 Å². The molecule has 0 bridgehead atoms. The van der Waals surface area contributed by atoms with Gasteiger partial charge in [-0.25, -0.2) is 0 Å². The summed E-state index contributed by atoms with van der Waals surface area (Å²) in [4.78, 5) is 4.01. The maximum absolute atomic E-state index is 3.31. The standard InChI is InChI=1S/C15H28N2S/c1-12(2)14(10-16-4)11-17(5)8-6-15-13(3)7-9-18-15/h7,9,12,14,16H,6,8,10-11H2,1-5H3. The van der Waals surface area contributed by atoms with Crippen molar-refractivity contribution in [1.29, 1.82) is 0 Å². The first-order valence-electron chi connectivity index (χ1n) is 6.90. The summed E-state index contributed by atoms with van der Waals surface area (Å²) in [5, 5.41) is 5.51. The summed E-state index contributed by atoms with van der Waals surface area (Å²) in [6.07, 6.45) is 1.18. The highest BCUT2D eigenvalue weighted by Crippen LogP contribution is 2.17. The van der Waals surface area contributed by atoms with Crippen molar-refractivity contribution in [2.45, 2.75) is 27.2 Å². The monoisotopic (exact) mass is 268 g/mol. The molecule has 18 heavy (non-hydrogen) atoms. The number of thiophene rings is 1. The number of hydrogen-bond donors (Lipinski definition) is 1. The summed E-state index contributed by atoms with van der Waals surface area (Å²) >= 11 is 1.89. The molecule has 0 spiro atoms. The van der Waals surface area contributed by atoms with E-state index in [1.807, 2.05) is 18.4 Å². The molecule has 0 radical (unpaired) electrons. The molecule has 0 amide bonds. The minimum atomic E-state index is 0.739. The van der Waals surface area contributed by atoms with Gasteiger partial charge in [-0.1, -0.05) is 13.8 Å². The summed E-state index contributed by atoms with van der Waals surface area (Å²) in [5.41, 5.74) is 1.45. The fraction of sp³-hybridized carbons (Fsp3) is 0.733. The quantitative estimate of drug-likeness (QED) is 0.779. The van der Waals surface area contributed by atoms with Crippen molar-refractivity contribution in [3.05, 3.63) is 21.9 Å². The Morgan fingerprint density at radius 1 is 1.39 bits per heavy atom. The minimum Gasteiger partial charge on any atom is -0.319 e. The lowest BCUT2D eigenvalue weighted by molar-refractivity contribution is 0.235. The summed E-state index contributed by atoms with van der Waals surface area (Å²) in [5.74, 6) is 1.48. The Morgan fingerprint density at radius 3 is 2.61 bits per heavy atom. The van der Waals surface area contributed by atoms with Gasteiger partial charge in [-0.2, -0.15) is 0 Å². The molecule has 0 saturated heterocycles. The van der Waals surface area contributed by atoms with Crippen LogP contribution in [0.2, 0.25) is 0 Å². The van der Waals surface area contributed by atoms with Crippen LogP contribution in [0, 0.1) is 18.8 Å². The lowest BCUT2D eigenvalue weighted by atomic mass is 9.95. The predicted octanol–water partition coefficient (Wildman–Crippen LogP) is 3.02. The Morgan fingerprint density at radius 2 is 2.11 bits per heavy atom. The number of nitrogens with one attached hydrogen (secondary N) is 1. The first kappa shape index (κ1) is 15.7. The molecule has 1 aromatic rings. The number of rotatable bonds is 8. The van der Waals surface area contributed by atoms with E-state index in [4.69, 9.17) is 0 Å². The van der Waals surface area contributed by atoms with Gasteiger partial charge < -0.3 is 10.2 Å². The molecule has 0 aliphatic heterocycles. The van der Waals surface area contributed by atoms with Gasteiger partial charge in [0.2, 0.25) is 0 Å². The van der Waals surface area contributed by atoms with E-state index in [0.717, 1.165) is 24.9 Å². The first-order chi connectivity index (χ1) is 8.54. The second-order valence-corrected chi connectivity index (χ2v) is 6.60. The van der Waals surface area contributed by atoms with Crippen LogP contribution in [0.1, 0.15) is 24.3 Å². The maximum atomic E-state index is 3.31. The Labute approximate surface area is 116 Å². The third kappa shape index (κ3) is 5.09. The van der Waals surface area contributed by atoms with Crippen LogP contribution in [0.3, 0.4) is 0 Å². The molecule has 1 rings (SSSR count). The van der Waals surface area contributed by atoms with Crippen molar-refractivity contribution in [2.24, 2.45) is 11.8 Å². The lowest BCUT2D eigenvalue weighted by Crippen LogP contribution is -2.35. The lowest BCUT2D eigenvalue weighted by Gasteiger charge is -2.26. The van der Waals surface area contributed by atoms with Gasteiger partial charge in [-0.3, -0.25) is 0 Å². The van der Waals surface area contributed by atoms with Crippen molar-refractivity contribution in [1.82, 2.24) is 10.2 Å². The molecule has 0 aliphatic rings. The van der Waals surface area contributed by atoms with Crippen molar-refractivity contribution in [3.8, 4) is 0 Å². The van der Waals surface area contributed by atoms with Gasteiger partial charge in [0.1, 0.15) is 0 Å². The van der Waals surface area contributed by atoms with Crippen molar-refractivity contribution < 1.29 is 0 Å². The van der Waals surface area contributed by atoms with E-state index in [9.17, 15) is 0 Å². The Balaban J connectivity index is 2.36. The minimum absolute atomic E-state index is 0.739. The fourth-order valence-corrected chi connectivity index (χ4v) is 3.12. The van der Waals surface area contributed by atoms with Crippen molar-refractivity contribution >= 4 is 11.3 Å². The van der Waals surface area contributed by atoms with Crippen LogP contribution in [-0.2, 0) is 6.42 Å². The number of nitrogens with zero attached hydrogens (tertiary/aromatic N) is 1. The van der Waals surface area contributed by atoms with Crippen LogP contribution in [0.4, 0.5) is 0 Å². The number of likely N-dealkylation sites (N-methyl/N-ethyl adjacent to an activating group) is 1. The molecule has 1 atom stereocenters. The third-order valence-electron chi connectivity index (χ3n) is 3.64. The average Bonchev–Trinajstić information content (AvgIpc) is 2.71. The first-order valence-corrected chi connectivity index (χ1v) is 7.78. The van der Waals surface area contributed by atoms with Crippen LogP contribution in [0.5, 0.6) is 0 Å². The van der Waals surface area contributed by atoms with E-state index >= 15 is 0 Å². The fourth-order valence-electron chi connectivity index (χ4n) is 2.22. The van der Waals surface area contributed by atoms with Gasteiger partial charge in [-0.05, 0) is 62.8 Å². The molecular formula is C15H28N2S. The summed E-state index contributed by atoms with van der Waals surface area (Å²) in [7, 11) is 4.29. The molecule has 1 unspecified atom stereocenters. The molecule has 0 fully saturated rings. The third-order valence-corrected chi connectivity index (χ3v) is 4.73. The van der Waals surface area contributed by atoms with Crippen LogP contribution in [-0.4, -0.2) is 38.6 Å². The van der Waals surface area contributed by atoms with Gasteiger partial charge in [0, 0.05) is 18.0 Å². The van der Waals surface area contributed by atoms with E-state index < -0.39 is 0 Å². The number of hydrogen-bond acceptors (Lipinski definition) is 3. The van der Waals surface area contributed by atoms with Gasteiger partial charge in [0.05, 0.1) is 0 Å². The summed E-state index contributed by atoms with van der Waals surface area (Å²) < 4.78 is 0. The molecule has 2 nitrogen and oxygen atoms in total. The largest absolute Gasteiger partial charge is 0.319 e. The van der Waals surface area contributed by atoms with Gasteiger partial charge in [0.25, 0.3) is 0 Å². The Hall–Kier alpha value is -0.380. The molecule has 1 N–H and O–H groups in total. The second kappa shape index (κ2) is 7.93. The predicted molar refractivity (Wildman–Crippen MR) is 82.5 cm³/mol. The van der Waals surface area contributed by atoms with Crippen molar-refractivity contribution in [3.63, 3.8) is 0 Å². The maximum Gasteiger partial charge on any atom is 0.00871 e. The average molecular weight is 268 g/mol. The summed E-state index contributed by atoms with van der Waals surface area (Å²) in [6.45, 7) is 10.3. The van der Waals surface area contributed by atoms with Crippen LogP contribution in [0.25, 0.3) is 0 Å². The zero-order valence-electron chi connectivity index (χ0n) is 12.5. The highest BCUT2D eigenvalue weighted by Gasteiger charge is 2.15. The molecule has 3 heteroatoms.